The molecule has 0 saturated carbocycles. The summed E-state index contributed by atoms with van der Waals surface area (Å²) in [5, 5.41) is 5.93. The lowest BCUT2D eigenvalue weighted by atomic mass is 10.2. The minimum Gasteiger partial charge on any atom is -0.497 e. The standard InChI is InChI=1S/C18H24N4O3/c1-4-5-6-10-19-17(23)14-9-11-20-18(21-14)22-15-12-13(24-2)7-8-16(15)25-3/h7-9,11-12H,4-6,10H2,1-3H3,(H,19,23)(H,20,21,22). The third-order valence-corrected chi connectivity index (χ3v) is 3.61. The van der Waals surface area contributed by atoms with Crippen LogP contribution in [0.4, 0.5) is 11.6 Å². The van der Waals surface area contributed by atoms with Crippen molar-refractivity contribution in [1.82, 2.24) is 15.3 Å². The molecule has 7 nitrogen and oxygen atoms in total. The van der Waals surface area contributed by atoms with Crippen molar-refractivity contribution in [2.75, 3.05) is 26.1 Å². The van der Waals surface area contributed by atoms with Gasteiger partial charge in [0, 0.05) is 18.8 Å². The maximum Gasteiger partial charge on any atom is 0.270 e. The number of carbonyl (C=O) groups excluding carboxylic acids is 1. The molecular weight excluding hydrogens is 320 g/mol. The van der Waals surface area contributed by atoms with Gasteiger partial charge in [-0.15, -0.1) is 0 Å². The lowest BCUT2D eigenvalue weighted by Crippen LogP contribution is -2.25. The normalized spacial score (nSPS) is 10.2. The van der Waals surface area contributed by atoms with Gasteiger partial charge in [0.1, 0.15) is 17.2 Å². The Bertz CT molecular complexity index is 706. The summed E-state index contributed by atoms with van der Waals surface area (Å²) in [5.74, 6) is 1.40. The van der Waals surface area contributed by atoms with E-state index in [1.54, 1.807) is 44.7 Å². The maximum atomic E-state index is 12.2. The van der Waals surface area contributed by atoms with Crippen molar-refractivity contribution in [2.24, 2.45) is 0 Å². The summed E-state index contributed by atoms with van der Waals surface area (Å²) >= 11 is 0. The molecule has 0 aliphatic heterocycles. The van der Waals surface area contributed by atoms with Crippen LogP contribution in [-0.2, 0) is 0 Å². The van der Waals surface area contributed by atoms with Crippen molar-refractivity contribution < 1.29 is 14.3 Å². The topological polar surface area (TPSA) is 85.4 Å². The first-order valence-corrected chi connectivity index (χ1v) is 8.28. The summed E-state index contributed by atoms with van der Waals surface area (Å²) < 4.78 is 10.5. The SMILES string of the molecule is CCCCCNC(=O)c1ccnc(Nc2cc(OC)ccc2OC)n1. The first kappa shape index (κ1) is 18.5. The molecule has 1 aromatic heterocycles. The predicted octanol–water partition coefficient (Wildman–Crippen LogP) is 3.16. The fourth-order valence-corrected chi connectivity index (χ4v) is 2.25. The molecule has 7 heteroatoms. The second kappa shape index (κ2) is 9.46. The molecule has 0 fully saturated rings. The van der Waals surface area contributed by atoms with Gasteiger partial charge >= 0.3 is 0 Å². The van der Waals surface area contributed by atoms with Crippen molar-refractivity contribution >= 4 is 17.5 Å². The Hall–Kier alpha value is -2.83. The van der Waals surface area contributed by atoms with Crippen LogP contribution >= 0.6 is 0 Å². The van der Waals surface area contributed by atoms with Crippen LogP contribution in [0, 0.1) is 0 Å². The van der Waals surface area contributed by atoms with Crippen LogP contribution in [0.3, 0.4) is 0 Å². The van der Waals surface area contributed by atoms with E-state index in [1.165, 1.54) is 0 Å². The van der Waals surface area contributed by atoms with Crippen molar-refractivity contribution in [1.29, 1.82) is 0 Å². The smallest absolute Gasteiger partial charge is 0.270 e. The van der Waals surface area contributed by atoms with Crippen LogP contribution in [0.25, 0.3) is 0 Å². The molecule has 0 atom stereocenters. The predicted molar refractivity (Wildman–Crippen MR) is 96.7 cm³/mol. The van der Waals surface area contributed by atoms with Gasteiger partial charge < -0.3 is 20.1 Å². The van der Waals surface area contributed by atoms with Crippen molar-refractivity contribution in [3.05, 3.63) is 36.2 Å². The molecule has 0 aliphatic rings. The number of hydrogen-bond donors (Lipinski definition) is 2. The number of carbonyl (C=O) groups is 1. The summed E-state index contributed by atoms with van der Waals surface area (Å²) in [7, 11) is 3.17. The van der Waals surface area contributed by atoms with E-state index in [4.69, 9.17) is 9.47 Å². The Labute approximate surface area is 147 Å². The second-order valence-corrected chi connectivity index (χ2v) is 5.42. The zero-order valence-electron chi connectivity index (χ0n) is 14.8. The molecule has 134 valence electrons. The summed E-state index contributed by atoms with van der Waals surface area (Å²) in [6.45, 7) is 2.76. The lowest BCUT2D eigenvalue weighted by Gasteiger charge is -2.12. The number of benzene rings is 1. The van der Waals surface area contributed by atoms with Crippen LogP contribution in [0.1, 0.15) is 36.7 Å². The van der Waals surface area contributed by atoms with E-state index >= 15 is 0 Å². The molecule has 0 aliphatic carbocycles. The van der Waals surface area contributed by atoms with E-state index < -0.39 is 0 Å². The van der Waals surface area contributed by atoms with Gasteiger partial charge in [0.25, 0.3) is 5.91 Å². The molecule has 0 unspecified atom stereocenters. The largest absolute Gasteiger partial charge is 0.497 e. The van der Waals surface area contributed by atoms with Gasteiger partial charge in [-0.1, -0.05) is 19.8 Å². The van der Waals surface area contributed by atoms with Crippen LogP contribution in [0.2, 0.25) is 0 Å². The molecule has 1 aromatic carbocycles. The van der Waals surface area contributed by atoms with Gasteiger partial charge in [0.15, 0.2) is 0 Å². The molecule has 1 amide bonds. The van der Waals surface area contributed by atoms with E-state index in [1.807, 2.05) is 0 Å². The lowest BCUT2D eigenvalue weighted by molar-refractivity contribution is 0.0948. The fourth-order valence-electron chi connectivity index (χ4n) is 2.25. The summed E-state index contributed by atoms with van der Waals surface area (Å²) in [5.41, 5.74) is 0.971. The van der Waals surface area contributed by atoms with Crippen LogP contribution < -0.4 is 20.1 Å². The Morgan fingerprint density at radius 2 is 2.00 bits per heavy atom. The van der Waals surface area contributed by atoms with Gasteiger partial charge in [-0.25, -0.2) is 9.97 Å². The Morgan fingerprint density at radius 1 is 1.16 bits per heavy atom. The number of anilines is 2. The molecule has 0 saturated heterocycles. The summed E-state index contributed by atoms with van der Waals surface area (Å²) in [6, 6.07) is 6.94. The van der Waals surface area contributed by atoms with Crippen molar-refractivity contribution in [3.8, 4) is 11.5 Å². The summed E-state index contributed by atoms with van der Waals surface area (Å²) in [4.78, 5) is 20.6. The van der Waals surface area contributed by atoms with Crippen molar-refractivity contribution in [3.63, 3.8) is 0 Å². The molecule has 2 rings (SSSR count). The fraction of sp³-hybridized carbons (Fsp3) is 0.389. The van der Waals surface area contributed by atoms with E-state index in [0.29, 0.717) is 35.4 Å². The van der Waals surface area contributed by atoms with Gasteiger partial charge in [0.2, 0.25) is 5.95 Å². The van der Waals surface area contributed by atoms with Gasteiger partial charge in [0.05, 0.1) is 19.9 Å². The van der Waals surface area contributed by atoms with Crippen LogP contribution in [0.15, 0.2) is 30.5 Å². The molecule has 0 spiro atoms. The molecule has 2 aromatic rings. The highest BCUT2D eigenvalue weighted by Gasteiger charge is 2.11. The molecule has 1 heterocycles. The Morgan fingerprint density at radius 3 is 2.72 bits per heavy atom. The molecule has 2 N–H and O–H groups in total. The number of hydrogen-bond acceptors (Lipinski definition) is 6. The highest BCUT2D eigenvalue weighted by Crippen LogP contribution is 2.30. The van der Waals surface area contributed by atoms with E-state index in [2.05, 4.69) is 27.5 Å². The first-order chi connectivity index (χ1) is 12.2. The highest BCUT2D eigenvalue weighted by molar-refractivity contribution is 5.92. The number of aromatic nitrogens is 2. The minimum absolute atomic E-state index is 0.209. The zero-order chi connectivity index (χ0) is 18.1. The van der Waals surface area contributed by atoms with E-state index in [-0.39, 0.29) is 5.91 Å². The number of methoxy groups -OCH3 is 2. The number of ether oxygens (including phenoxy) is 2. The number of nitrogens with one attached hydrogen (secondary N) is 2. The van der Waals surface area contributed by atoms with E-state index in [0.717, 1.165) is 19.3 Å². The quantitative estimate of drug-likeness (QED) is 0.680. The summed E-state index contributed by atoms with van der Waals surface area (Å²) in [6.07, 6.45) is 4.70. The average Bonchev–Trinajstić information content (AvgIpc) is 2.65. The van der Waals surface area contributed by atoms with Crippen LogP contribution in [0.5, 0.6) is 11.5 Å². The maximum absolute atomic E-state index is 12.2. The van der Waals surface area contributed by atoms with E-state index in [9.17, 15) is 4.79 Å². The third kappa shape index (κ3) is 5.34. The molecule has 25 heavy (non-hydrogen) atoms. The third-order valence-electron chi connectivity index (χ3n) is 3.61. The van der Waals surface area contributed by atoms with Gasteiger partial charge in [-0.3, -0.25) is 4.79 Å². The average molecular weight is 344 g/mol. The minimum atomic E-state index is -0.209. The van der Waals surface area contributed by atoms with Crippen molar-refractivity contribution in [2.45, 2.75) is 26.2 Å². The highest BCUT2D eigenvalue weighted by atomic mass is 16.5. The Balaban J connectivity index is 2.10. The Kier molecular flexibility index (Phi) is 7.00. The monoisotopic (exact) mass is 344 g/mol. The molecule has 0 bridgehead atoms. The number of rotatable bonds is 9. The zero-order valence-corrected chi connectivity index (χ0v) is 14.8. The number of amides is 1. The molecule has 0 radical (unpaired) electrons. The van der Waals surface area contributed by atoms with Crippen LogP contribution in [-0.4, -0.2) is 36.6 Å². The van der Waals surface area contributed by atoms with Gasteiger partial charge in [-0.2, -0.15) is 0 Å². The first-order valence-electron chi connectivity index (χ1n) is 8.28. The van der Waals surface area contributed by atoms with Gasteiger partial charge in [-0.05, 0) is 24.6 Å². The second-order valence-electron chi connectivity index (χ2n) is 5.42. The number of unbranched alkanes of at least 4 members (excludes halogenated alkanes) is 2. The number of nitrogens with zero attached hydrogens (tertiary/aromatic N) is 2. The molecular formula is C18H24N4O3.